The number of rotatable bonds is 2. The van der Waals surface area contributed by atoms with Crippen LogP contribution >= 0.6 is 0 Å². The predicted molar refractivity (Wildman–Crippen MR) is 107 cm³/mol. The highest BCUT2D eigenvalue weighted by Crippen LogP contribution is 2.40. The van der Waals surface area contributed by atoms with Gasteiger partial charge in [0.2, 0.25) is 0 Å². The molecule has 0 fully saturated rings. The largest absolute Gasteiger partial charge is 0.496 e. The monoisotopic (exact) mass is 336 g/mol. The Morgan fingerprint density at radius 2 is 1.50 bits per heavy atom. The highest BCUT2D eigenvalue weighted by molar-refractivity contribution is 6.23. The number of hydrogen-bond donors (Lipinski definition) is 0. The van der Waals surface area contributed by atoms with Crippen LogP contribution in [0.5, 0.6) is 5.75 Å². The second kappa shape index (κ2) is 5.57. The van der Waals surface area contributed by atoms with Gasteiger partial charge in [0.15, 0.2) is 5.78 Å². The minimum absolute atomic E-state index is 0.0412. The van der Waals surface area contributed by atoms with E-state index in [2.05, 4.69) is 36.4 Å². The molecule has 0 aliphatic heterocycles. The molecule has 26 heavy (non-hydrogen) atoms. The van der Waals surface area contributed by atoms with E-state index >= 15 is 0 Å². The van der Waals surface area contributed by atoms with Crippen molar-refractivity contribution >= 4 is 33.4 Å². The standard InChI is InChI=1S/C24H16O2/c1-26-22-14-18-6-3-2-5-17(18)13-20(22)19-11-9-15-7-4-8-16-10-12-21(25)24(19)23(15)16/h2-14H,1H3. The average molecular weight is 336 g/mol. The highest BCUT2D eigenvalue weighted by atomic mass is 16.5. The molecule has 0 aromatic heterocycles. The summed E-state index contributed by atoms with van der Waals surface area (Å²) in [4.78, 5) is 12.8. The maximum atomic E-state index is 12.8. The molecule has 0 saturated heterocycles. The third-order valence-corrected chi connectivity index (χ3v) is 5.10. The third-order valence-electron chi connectivity index (χ3n) is 5.10. The molecule has 0 radical (unpaired) electrons. The van der Waals surface area contributed by atoms with Crippen molar-refractivity contribution in [1.29, 1.82) is 0 Å². The van der Waals surface area contributed by atoms with Crippen molar-refractivity contribution in [2.24, 2.45) is 0 Å². The molecule has 4 aromatic carbocycles. The third kappa shape index (κ3) is 2.09. The Balaban J connectivity index is 1.89. The van der Waals surface area contributed by atoms with Crippen LogP contribution in [0, 0.1) is 0 Å². The van der Waals surface area contributed by atoms with Gasteiger partial charge >= 0.3 is 0 Å². The molecule has 0 spiro atoms. The summed E-state index contributed by atoms with van der Waals surface area (Å²) in [5, 5.41) is 4.35. The first-order valence-corrected chi connectivity index (χ1v) is 8.61. The van der Waals surface area contributed by atoms with Gasteiger partial charge in [-0.25, -0.2) is 0 Å². The topological polar surface area (TPSA) is 26.3 Å². The molecule has 0 unspecified atom stereocenters. The van der Waals surface area contributed by atoms with Gasteiger partial charge in [-0.3, -0.25) is 4.79 Å². The summed E-state index contributed by atoms with van der Waals surface area (Å²) >= 11 is 0. The molecule has 5 rings (SSSR count). The van der Waals surface area contributed by atoms with E-state index in [9.17, 15) is 4.79 Å². The van der Waals surface area contributed by atoms with Crippen molar-refractivity contribution in [3.05, 3.63) is 83.9 Å². The van der Waals surface area contributed by atoms with Crippen molar-refractivity contribution in [1.82, 2.24) is 0 Å². The van der Waals surface area contributed by atoms with Crippen LogP contribution in [0.15, 0.2) is 72.8 Å². The maximum Gasteiger partial charge on any atom is 0.187 e. The van der Waals surface area contributed by atoms with E-state index in [4.69, 9.17) is 4.74 Å². The Hall–Kier alpha value is -3.39. The average Bonchev–Trinajstić information content (AvgIpc) is 2.69. The lowest BCUT2D eigenvalue weighted by atomic mass is 9.86. The van der Waals surface area contributed by atoms with Gasteiger partial charge in [-0.15, -0.1) is 0 Å². The van der Waals surface area contributed by atoms with Crippen LogP contribution in [0.1, 0.15) is 15.9 Å². The van der Waals surface area contributed by atoms with E-state index in [0.29, 0.717) is 0 Å². The Kier molecular flexibility index (Phi) is 3.19. The first kappa shape index (κ1) is 14.9. The molecule has 1 aliphatic rings. The SMILES string of the molecule is COc1cc2ccccc2cc1-c1ccc2cccc3c2c1C(=O)C=C3. The zero-order valence-electron chi connectivity index (χ0n) is 14.3. The van der Waals surface area contributed by atoms with Crippen LogP contribution in [0.2, 0.25) is 0 Å². The number of ketones is 1. The van der Waals surface area contributed by atoms with E-state index in [1.807, 2.05) is 36.4 Å². The minimum atomic E-state index is 0.0412. The van der Waals surface area contributed by atoms with Crippen molar-refractivity contribution < 1.29 is 9.53 Å². The van der Waals surface area contributed by atoms with Crippen LogP contribution in [-0.4, -0.2) is 12.9 Å². The lowest BCUT2D eigenvalue weighted by molar-refractivity contribution is 0.104. The summed E-state index contributed by atoms with van der Waals surface area (Å²) in [7, 11) is 1.67. The lowest BCUT2D eigenvalue weighted by Gasteiger charge is -2.18. The Morgan fingerprint density at radius 1 is 0.731 bits per heavy atom. The number of methoxy groups -OCH3 is 1. The number of benzene rings is 4. The van der Waals surface area contributed by atoms with Crippen molar-refractivity contribution in [2.45, 2.75) is 0 Å². The van der Waals surface area contributed by atoms with Crippen LogP contribution in [-0.2, 0) is 0 Å². The summed E-state index contributed by atoms with van der Waals surface area (Å²) in [6.07, 6.45) is 3.56. The molecule has 2 heteroatoms. The zero-order valence-corrected chi connectivity index (χ0v) is 14.3. The molecule has 0 heterocycles. The van der Waals surface area contributed by atoms with Crippen molar-refractivity contribution in [3.8, 4) is 16.9 Å². The van der Waals surface area contributed by atoms with Gasteiger partial charge in [-0.05, 0) is 45.5 Å². The molecule has 0 N–H and O–H groups in total. The highest BCUT2D eigenvalue weighted by Gasteiger charge is 2.21. The summed E-state index contributed by atoms with van der Waals surface area (Å²) in [5.74, 6) is 0.818. The number of hydrogen-bond acceptors (Lipinski definition) is 2. The smallest absolute Gasteiger partial charge is 0.187 e. The molecule has 4 aromatic rings. The Morgan fingerprint density at radius 3 is 2.31 bits per heavy atom. The Bertz CT molecular complexity index is 1230. The van der Waals surface area contributed by atoms with Gasteiger partial charge in [-0.1, -0.05) is 60.7 Å². The summed E-state index contributed by atoms with van der Waals surface area (Å²) in [6, 6.07) is 22.6. The molecule has 0 amide bonds. The zero-order chi connectivity index (χ0) is 17.7. The first-order valence-electron chi connectivity index (χ1n) is 8.61. The van der Waals surface area contributed by atoms with E-state index in [1.165, 1.54) is 0 Å². The predicted octanol–water partition coefficient (Wildman–Crippen LogP) is 5.88. The van der Waals surface area contributed by atoms with Gasteiger partial charge in [0.05, 0.1) is 7.11 Å². The van der Waals surface area contributed by atoms with Gasteiger partial charge in [0, 0.05) is 16.5 Å². The van der Waals surface area contributed by atoms with Crippen molar-refractivity contribution in [3.63, 3.8) is 0 Å². The quantitative estimate of drug-likeness (QED) is 0.457. The van der Waals surface area contributed by atoms with E-state index in [1.54, 1.807) is 13.2 Å². The normalized spacial score (nSPS) is 12.7. The fourth-order valence-electron chi connectivity index (χ4n) is 3.87. The van der Waals surface area contributed by atoms with Gasteiger partial charge in [0.1, 0.15) is 5.75 Å². The van der Waals surface area contributed by atoms with Crippen LogP contribution < -0.4 is 4.74 Å². The van der Waals surface area contributed by atoms with E-state index in [0.717, 1.165) is 49.5 Å². The number of ether oxygens (including phenoxy) is 1. The number of fused-ring (bicyclic) bond motifs is 1. The van der Waals surface area contributed by atoms with E-state index < -0.39 is 0 Å². The second-order valence-electron chi connectivity index (χ2n) is 6.53. The fraction of sp³-hybridized carbons (Fsp3) is 0.0417. The molecule has 1 aliphatic carbocycles. The molecule has 0 atom stereocenters. The van der Waals surface area contributed by atoms with Crippen molar-refractivity contribution in [2.75, 3.05) is 7.11 Å². The van der Waals surface area contributed by atoms with Crippen LogP contribution in [0.3, 0.4) is 0 Å². The fourth-order valence-corrected chi connectivity index (χ4v) is 3.87. The lowest BCUT2D eigenvalue weighted by Crippen LogP contribution is -2.05. The summed E-state index contributed by atoms with van der Waals surface area (Å²) in [5.41, 5.74) is 3.70. The summed E-state index contributed by atoms with van der Waals surface area (Å²) < 4.78 is 5.67. The van der Waals surface area contributed by atoms with Gasteiger partial charge in [0.25, 0.3) is 0 Å². The molecule has 0 bridgehead atoms. The van der Waals surface area contributed by atoms with Crippen LogP contribution in [0.4, 0.5) is 0 Å². The summed E-state index contributed by atoms with van der Waals surface area (Å²) in [6.45, 7) is 0. The molecule has 124 valence electrons. The number of carbonyl (C=O) groups excluding carboxylic acids is 1. The molecule has 0 saturated carbocycles. The Labute approximate surface area is 151 Å². The van der Waals surface area contributed by atoms with Crippen LogP contribution in [0.25, 0.3) is 38.7 Å². The maximum absolute atomic E-state index is 12.8. The molecular formula is C24H16O2. The van der Waals surface area contributed by atoms with Gasteiger partial charge in [-0.2, -0.15) is 0 Å². The second-order valence-corrected chi connectivity index (χ2v) is 6.53. The molecular weight excluding hydrogens is 320 g/mol. The number of allylic oxidation sites excluding steroid dienone is 1. The van der Waals surface area contributed by atoms with Gasteiger partial charge < -0.3 is 4.74 Å². The minimum Gasteiger partial charge on any atom is -0.496 e. The number of carbonyl (C=O) groups is 1. The molecule has 2 nitrogen and oxygen atoms in total. The van der Waals surface area contributed by atoms with E-state index in [-0.39, 0.29) is 5.78 Å². The first-order chi connectivity index (χ1) is 12.8.